The zero-order valence-corrected chi connectivity index (χ0v) is 14.0. The highest BCUT2D eigenvalue weighted by Crippen LogP contribution is 2.22. The maximum atomic E-state index is 10.9. The van der Waals surface area contributed by atoms with Gasteiger partial charge in [-0.1, -0.05) is 37.7 Å². The summed E-state index contributed by atoms with van der Waals surface area (Å²) >= 11 is 1.62. The zero-order valence-electron chi connectivity index (χ0n) is 13.2. The van der Waals surface area contributed by atoms with E-state index in [2.05, 4.69) is 35.5 Å². The minimum atomic E-state index is 0.359. The molecule has 0 aliphatic rings. The van der Waals surface area contributed by atoms with Crippen molar-refractivity contribution in [3.8, 4) is 5.75 Å². The standard InChI is InChI=1S/C16H21N3O2S/c1-4-19-15(12(2)3)17-18-16(19)22-10-9-21-14-8-6-5-7-13(14)11-20/h5-8,11-12H,4,9-10H2,1-3H3. The van der Waals surface area contributed by atoms with E-state index in [0.29, 0.717) is 23.8 Å². The van der Waals surface area contributed by atoms with Gasteiger partial charge in [0, 0.05) is 18.2 Å². The van der Waals surface area contributed by atoms with E-state index in [-0.39, 0.29) is 0 Å². The summed E-state index contributed by atoms with van der Waals surface area (Å²) in [7, 11) is 0. The van der Waals surface area contributed by atoms with Crippen LogP contribution in [0.1, 0.15) is 42.9 Å². The van der Waals surface area contributed by atoms with Crippen LogP contribution in [0.2, 0.25) is 0 Å². The minimum absolute atomic E-state index is 0.359. The van der Waals surface area contributed by atoms with Crippen LogP contribution in [0.5, 0.6) is 5.75 Å². The molecular weight excluding hydrogens is 298 g/mol. The van der Waals surface area contributed by atoms with Crippen molar-refractivity contribution in [2.24, 2.45) is 0 Å². The molecule has 0 aliphatic carbocycles. The number of nitrogens with zero attached hydrogens (tertiary/aromatic N) is 3. The fourth-order valence-electron chi connectivity index (χ4n) is 2.13. The average Bonchev–Trinajstić information content (AvgIpc) is 2.95. The molecule has 0 bridgehead atoms. The molecule has 0 spiro atoms. The number of hydrogen-bond acceptors (Lipinski definition) is 5. The van der Waals surface area contributed by atoms with E-state index in [1.54, 1.807) is 23.9 Å². The highest BCUT2D eigenvalue weighted by molar-refractivity contribution is 7.99. The molecule has 0 atom stereocenters. The van der Waals surface area contributed by atoms with Crippen molar-refractivity contribution in [3.63, 3.8) is 0 Å². The number of benzene rings is 1. The van der Waals surface area contributed by atoms with Gasteiger partial charge in [-0.2, -0.15) is 0 Å². The van der Waals surface area contributed by atoms with Gasteiger partial charge in [0.05, 0.1) is 12.2 Å². The van der Waals surface area contributed by atoms with Crippen LogP contribution in [0.25, 0.3) is 0 Å². The van der Waals surface area contributed by atoms with Gasteiger partial charge in [-0.25, -0.2) is 0 Å². The molecule has 1 aromatic heterocycles. The first-order valence-electron chi connectivity index (χ1n) is 7.40. The third kappa shape index (κ3) is 3.88. The van der Waals surface area contributed by atoms with Crippen molar-refractivity contribution in [3.05, 3.63) is 35.7 Å². The third-order valence-electron chi connectivity index (χ3n) is 3.20. The van der Waals surface area contributed by atoms with Crippen LogP contribution in [-0.4, -0.2) is 33.4 Å². The normalized spacial score (nSPS) is 10.9. The van der Waals surface area contributed by atoms with Crippen LogP contribution in [0.4, 0.5) is 0 Å². The second-order valence-electron chi connectivity index (χ2n) is 5.09. The van der Waals surface area contributed by atoms with Crippen molar-refractivity contribution in [1.29, 1.82) is 0 Å². The van der Waals surface area contributed by atoms with E-state index in [0.717, 1.165) is 29.6 Å². The number of carbonyl (C=O) groups is 1. The first-order valence-corrected chi connectivity index (χ1v) is 8.38. The summed E-state index contributed by atoms with van der Waals surface area (Å²) in [5, 5.41) is 9.42. The number of aldehydes is 1. The van der Waals surface area contributed by atoms with Crippen molar-refractivity contribution >= 4 is 18.0 Å². The third-order valence-corrected chi connectivity index (χ3v) is 4.13. The summed E-state index contributed by atoms with van der Waals surface area (Å²) in [4.78, 5) is 10.9. The van der Waals surface area contributed by atoms with Crippen LogP contribution in [0.15, 0.2) is 29.4 Å². The Bertz CT molecular complexity index is 626. The summed E-state index contributed by atoms with van der Waals surface area (Å²) in [5.74, 6) is 2.75. The van der Waals surface area contributed by atoms with E-state index < -0.39 is 0 Å². The molecule has 0 fully saturated rings. The van der Waals surface area contributed by atoms with Gasteiger partial charge in [0.25, 0.3) is 0 Å². The van der Waals surface area contributed by atoms with Gasteiger partial charge < -0.3 is 9.30 Å². The lowest BCUT2D eigenvalue weighted by molar-refractivity contribution is 0.112. The number of para-hydroxylation sites is 1. The minimum Gasteiger partial charge on any atom is -0.492 e. The van der Waals surface area contributed by atoms with Gasteiger partial charge >= 0.3 is 0 Å². The number of ether oxygens (including phenoxy) is 1. The highest BCUT2D eigenvalue weighted by Gasteiger charge is 2.13. The van der Waals surface area contributed by atoms with Crippen LogP contribution in [0.3, 0.4) is 0 Å². The van der Waals surface area contributed by atoms with Gasteiger partial charge in [0.1, 0.15) is 11.6 Å². The van der Waals surface area contributed by atoms with E-state index in [4.69, 9.17) is 4.74 Å². The molecule has 0 amide bonds. The van der Waals surface area contributed by atoms with Crippen LogP contribution in [0, 0.1) is 0 Å². The molecule has 0 N–H and O–H groups in total. The molecule has 0 saturated heterocycles. The molecule has 0 radical (unpaired) electrons. The Labute approximate surface area is 135 Å². The van der Waals surface area contributed by atoms with Gasteiger partial charge in [0.15, 0.2) is 11.4 Å². The lowest BCUT2D eigenvalue weighted by atomic mass is 10.2. The zero-order chi connectivity index (χ0) is 15.9. The first kappa shape index (κ1) is 16.5. The Hall–Kier alpha value is -1.82. The maximum Gasteiger partial charge on any atom is 0.191 e. The van der Waals surface area contributed by atoms with E-state index in [9.17, 15) is 4.79 Å². The largest absolute Gasteiger partial charge is 0.492 e. The Morgan fingerprint density at radius 2 is 2.09 bits per heavy atom. The Balaban J connectivity index is 1.90. The number of carbonyl (C=O) groups excluding carboxylic acids is 1. The van der Waals surface area contributed by atoms with E-state index in [1.807, 2.05) is 12.1 Å². The predicted molar refractivity (Wildman–Crippen MR) is 87.8 cm³/mol. The van der Waals surface area contributed by atoms with E-state index >= 15 is 0 Å². The van der Waals surface area contributed by atoms with Gasteiger partial charge in [-0.3, -0.25) is 4.79 Å². The lowest BCUT2D eigenvalue weighted by Gasteiger charge is -2.10. The molecule has 6 heteroatoms. The summed E-state index contributed by atoms with van der Waals surface area (Å²) in [6.45, 7) is 7.70. The van der Waals surface area contributed by atoms with E-state index in [1.165, 1.54) is 0 Å². The number of aromatic nitrogens is 3. The van der Waals surface area contributed by atoms with Crippen LogP contribution < -0.4 is 4.74 Å². The van der Waals surface area contributed by atoms with Crippen molar-refractivity contribution < 1.29 is 9.53 Å². The summed E-state index contributed by atoms with van der Waals surface area (Å²) in [5.41, 5.74) is 0.575. The predicted octanol–water partition coefficient (Wildman–Crippen LogP) is 3.41. The number of thioether (sulfide) groups is 1. The van der Waals surface area contributed by atoms with Crippen molar-refractivity contribution in [2.75, 3.05) is 12.4 Å². The Morgan fingerprint density at radius 3 is 2.77 bits per heavy atom. The number of hydrogen-bond donors (Lipinski definition) is 0. The van der Waals surface area contributed by atoms with Gasteiger partial charge in [-0.05, 0) is 19.1 Å². The fraction of sp³-hybridized carbons (Fsp3) is 0.438. The van der Waals surface area contributed by atoms with Crippen molar-refractivity contribution in [1.82, 2.24) is 14.8 Å². The van der Waals surface area contributed by atoms with Gasteiger partial charge in [0.2, 0.25) is 0 Å². The molecule has 22 heavy (non-hydrogen) atoms. The van der Waals surface area contributed by atoms with Crippen LogP contribution in [-0.2, 0) is 6.54 Å². The van der Waals surface area contributed by atoms with Crippen molar-refractivity contribution in [2.45, 2.75) is 38.4 Å². The molecule has 1 aromatic carbocycles. The van der Waals surface area contributed by atoms with Gasteiger partial charge in [-0.15, -0.1) is 10.2 Å². The molecule has 0 unspecified atom stereocenters. The molecule has 5 nitrogen and oxygen atoms in total. The summed E-state index contributed by atoms with van der Waals surface area (Å²) in [6, 6.07) is 7.23. The number of rotatable bonds is 8. The molecule has 0 saturated carbocycles. The monoisotopic (exact) mass is 319 g/mol. The first-order chi connectivity index (χ1) is 10.7. The summed E-state index contributed by atoms with van der Waals surface area (Å²) in [6.07, 6.45) is 0.811. The molecule has 2 aromatic rings. The quantitative estimate of drug-likeness (QED) is 0.424. The second kappa shape index (κ2) is 7.98. The Kier molecular flexibility index (Phi) is 6.00. The lowest BCUT2D eigenvalue weighted by Crippen LogP contribution is -2.06. The molecule has 1 heterocycles. The SMILES string of the molecule is CCn1c(SCCOc2ccccc2C=O)nnc1C(C)C. The molecule has 0 aliphatic heterocycles. The molecule has 118 valence electrons. The fourth-order valence-corrected chi connectivity index (χ4v) is 2.95. The highest BCUT2D eigenvalue weighted by atomic mass is 32.2. The Morgan fingerprint density at radius 1 is 1.32 bits per heavy atom. The second-order valence-corrected chi connectivity index (χ2v) is 6.15. The molecule has 2 rings (SSSR count). The maximum absolute atomic E-state index is 10.9. The average molecular weight is 319 g/mol. The summed E-state index contributed by atoms with van der Waals surface area (Å²) < 4.78 is 7.80. The smallest absolute Gasteiger partial charge is 0.191 e. The topological polar surface area (TPSA) is 57.0 Å². The van der Waals surface area contributed by atoms with Crippen LogP contribution >= 0.6 is 11.8 Å². The molecular formula is C16H21N3O2S.